The van der Waals surface area contributed by atoms with Crippen molar-refractivity contribution < 1.29 is 24.2 Å². The molecule has 7 rings (SSSR count). The fraction of sp³-hybridized carbons (Fsp3) is 0.567. The maximum Gasteiger partial charge on any atom is 0.281 e. The molecule has 40 heavy (non-hydrogen) atoms. The number of benzene rings is 1. The zero-order chi connectivity index (χ0) is 28.1. The molecule has 3 amide bonds. The summed E-state index contributed by atoms with van der Waals surface area (Å²) in [6.45, 7) is 6.42. The second kappa shape index (κ2) is 8.64. The number of amides is 3. The molecule has 1 aliphatic carbocycles. The molecule has 3 N–H and O–H groups in total. The molecule has 0 spiro atoms. The topological polar surface area (TPSA) is 118 Å². The summed E-state index contributed by atoms with van der Waals surface area (Å²) in [6, 6.07) is 4.85. The Bertz CT molecular complexity index is 1470. The monoisotopic (exact) mass is 547 g/mol. The third kappa shape index (κ3) is 3.24. The first-order valence-electron chi connectivity index (χ1n) is 14.5. The Hall–Kier alpha value is -3.21. The van der Waals surface area contributed by atoms with Gasteiger partial charge in [-0.1, -0.05) is 39.0 Å². The van der Waals surface area contributed by atoms with Crippen molar-refractivity contribution in [2.75, 3.05) is 20.1 Å². The summed E-state index contributed by atoms with van der Waals surface area (Å²) < 4.78 is 6.35. The molecule has 1 aromatic heterocycles. The zero-order valence-electron chi connectivity index (χ0n) is 23.4. The molecule has 3 fully saturated rings. The van der Waals surface area contributed by atoms with Crippen LogP contribution >= 0.6 is 0 Å². The first kappa shape index (κ1) is 25.7. The molecule has 4 aliphatic heterocycles. The maximum atomic E-state index is 14.2. The van der Waals surface area contributed by atoms with Crippen molar-refractivity contribution in [3.05, 3.63) is 41.6 Å². The standard InChI is InChI=1S/C30H37N5O5/c1-5-22-27(37)34-11-7-10-24(34)30(39)35(22)28(38)29(40-30,16(2)3)32-26(36)18-12-20-19-8-6-9-21-25(19)17(14-31-21)13-23(20)33(4)15-18/h6,8-9,12,14,16,18,22-24,31,39H,5,7,10-11,13,15H2,1-4H3,(H,32,36)/t18-,22-,23-,24+,29-,30+/m1/s1. The number of rotatable bonds is 4. The number of piperazine rings is 1. The molecule has 0 bridgehead atoms. The molecule has 212 valence electrons. The number of carbonyl (C=O) groups is 3. The smallest absolute Gasteiger partial charge is 0.281 e. The number of fused-ring (bicyclic) bond motifs is 5. The van der Waals surface area contributed by atoms with E-state index in [4.69, 9.17) is 4.74 Å². The van der Waals surface area contributed by atoms with Crippen LogP contribution in [0.3, 0.4) is 0 Å². The van der Waals surface area contributed by atoms with Gasteiger partial charge in [-0.25, -0.2) is 0 Å². The van der Waals surface area contributed by atoms with Crippen LogP contribution in [0.2, 0.25) is 0 Å². The summed E-state index contributed by atoms with van der Waals surface area (Å²) in [7, 11) is 2.03. The second-order valence-electron chi connectivity index (χ2n) is 12.4. The predicted molar refractivity (Wildman–Crippen MR) is 147 cm³/mol. The highest BCUT2D eigenvalue weighted by Crippen LogP contribution is 2.48. The number of aromatic nitrogens is 1. The highest BCUT2D eigenvalue weighted by molar-refractivity contribution is 6.01. The molecule has 6 atom stereocenters. The van der Waals surface area contributed by atoms with Gasteiger partial charge in [-0.05, 0) is 55.5 Å². The summed E-state index contributed by atoms with van der Waals surface area (Å²) in [6.07, 6.45) is 6.56. The van der Waals surface area contributed by atoms with Crippen LogP contribution in [0.4, 0.5) is 0 Å². The molecule has 0 saturated carbocycles. The van der Waals surface area contributed by atoms with Gasteiger partial charge in [0.1, 0.15) is 12.1 Å². The first-order chi connectivity index (χ1) is 19.1. The van der Waals surface area contributed by atoms with Crippen LogP contribution in [-0.2, 0) is 25.5 Å². The Balaban J connectivity index is 1.24. The van der Waals surface area contributed by atoms with E-state index in [0.29, 0.717) is 25.9 Å². The number of hydrogen-bond donors (Lipinski definition) is 3. The van der Waals surface area contributed by atoms with Crippen molar-refractivity contribution in [2.45, 2.75) is 76.2 Å². The Morgan fingerprint density at radius 1 is 1.30 bits per heavy atom. The van der Waals surface area contributed by atoms with E-state index >= 15 is 0 Å². The predicted octanol–water partition coefficient (Wildman–Crippen LogP) is 1.79. The van der Waals surface area contributed by atoms with Crippen molar-refractivity contribution in [3.63, 3.8) is 0 Å². The molecule has 10 nitrogen and oxygen atoms in total. The van der Waals surface area contributed by atoms with Crippen molar-refractivity contribution in [1.29, 1.82) is 0 Å². The molecule has 5 heterocycles. The maximum absolute atomic E-state index is 14.2. The van der Waals surface area contributed by atoms with E-state index in [1.54, 1.807) is 18.7 Å². The Labute approximate surface area is 233 Å². The van der Waals surface area contributed by atoms with E-state index in [0.717, 1.165) is 29.5 Å². The molecule has 0 unspecified atom stereocenters. The van der Waals surface area contributed by atoms with Gasteiger partial charge in [0.2, 0.25) is 17.5 Å². The highest BCUT2D eigenvalue weighted by Gasteiger charge is 2.71. The van der Waals surface area contributed by atoms with Crippen molar-refractivity contribution >= 4 is 34.2 Å². The molecule has 1 aromatic carbocycles. The number of aromatic amines is 1. The van der Waals surface area contributed by atoms with Crippen molar-refractivity contribution in [3.8, 4) is 0 Å². The zero-order valence-corrected chi connectivity index (χ0v) is 23.4. The van der Waals surface area contributed by atoms with Crippen molar-refractivity contribution in [1.82, 2.24) is 25.0 Å². The first-order valence-corrected chi connectivity index (χ1v) is 14.5. The van der Waals surface area contributed by atoms with E-state index < -0.39 is 41.5 Å². The van der Waals surface area contributed by atoms with E-state index in [9.17, 15) is 19.5 Å². The summed E-state index contributed by atoms with van der Waals surface area (Å²) >= 11 is 0. The Kier molecular flexibility index (Phi) is 5.56. The van der Waals surface area contributed by atoms with E-state index in [1.165, 1.54) is 15.8 Å². The number of ether oxygens (including phenoxy) is 1. The lowest BCUT2D eigenvalue weighted by Crippen LogP contribution is -2.71. The minimum Gasteiger partial charge on any atom is -0.361 e. The number of nitrogens with one attached hydrogen (secondary N) is 2. The lowest BCUT2D eigenvalue weighted by molar-refractivity contribution is -0.321. The van der Waals surface area contributed by atoms with Crippen LogP contribution in [0.25, 0.3) is 16.5 Å². The Morgan fingerprint density at radius 3 is 2.85 bits per heavy atom. The van der Waals surface area contributed by atoms with Gasteiger partial charge in [-0.15, -0.1) is 0 Å². The largest absolute Gasteiger partial charge is 0.361 e. The lowest BCUT2D eigenvalue weighted by Gasteiger charge is -2.48. The fourth-order valence-electron chi connectivity index (χ4n) is 7.81. The van der Waals surface area contributed by atoms with E-state index in [1.807, 2.05) is 26.1 Å². The second-order valence-corrected chi connectivity index (χ2v) is 12.4. The van der Waals surface area contributed by atoms with Gasteiger partial charge in [0.25, 0.3) is 11.8 Å². The number of nitrogens with zero attached hydrogens (tertiary/aromatic N) is 3. The van der Waals surface area contributed by atoms with E-state index in [-0.39, 0.29) is 17.9 Å². The quantitative estimate of drug-likeness (QED) is 0.537. The van der Waals surface area contributed by atoms with Gasteiger partial charge in [-0.2, -0.15) is 0 Å². The molecule has 10 heteroatoms. The van der Waals surface area contributed by atoms with Crippen LogP contribution in [0.1, 0.15) is 51.2 Å². The number of carbonyl (C=O) groups excluding carboxylic acids is 3. The molecular weight excluding hydrogens is 510 g/mol. The summed E-state index contributed by atoms with van der Waals surface area (Å²) in [4.78, 5) is 49.9. The third-order valence-electron chi connectivity index (χ3n) is 9.87. The van der Waals surface area contributed by atoms with Gasteiger partial charge in [0.15, 0.2) is 0 Å². The summed E-state index contributed by atoms with van der Waals surface area (Å²) in [5.74, 6) is -4.07. The molecule has 0 radical (unpaired) electrons. The lowest BCUT2D eigenvalue weighted by atomic mass is 9.79. The molecule has 3 saturated heterocycles. The minimum absolute atomic E-state index is 0.153. The van der Waals surface area contributed by atoms with Gasteiger partial charge in [0, 0.05) is 42.1 Å². The van der Waals surface area contributed by atoms with Gasteiger partial charge in [0.05, 0.1) is 5.92 Å². The number of aliphatic hydroxyl groups is 1. The fourth-order valence-corrected chi connectivity index (χ4v) is 7.81. The molecule has 2 aromatic rings. The van der Waals surface area contributed by atoms with Gasteiger partial charge >= 0.3 is 0 Å². The van der Waals surface area contributed by atoms with Crippen LogP contribution in [0.15, 0.2) is 30.5 Å². The third-order valence-corrected chi connectivity index (χ3v) is 9.87. The van der Waals surface area contributed by atoms with Crippen LogP contribution < -0.4 is 5.32 Å². The van der Waals surface area contributed by atoms with Crippen LogP contribution in [0, 0.1) is 11.8 Å². The minimum atomic E-state index is -1.99. The molecule has 5 aliphatic rings. The summed E-state index contributed by atoms with van der Waals surface area (Å²) in [5.41, 5.74) is 2.80. The highest BCUT2D eigenvalue weighted by atomic mass is 16.7. The van der Waals surface area contributed by atoms with Crippen LogP contribution in [-0.4, -0.2) is 92.4 Å². The van der Waals surface area contributed by atoms with Gasteiger partial charge in [-0.3, -0.25) is 28.9 Å². The van der Waals surface area contributed by atoms with Crippen LogP contribution in [0.5, 0.6) is 0 Å². The Morgan fingerprint density at radius 2 is 2.10 bits per heavy atom. The number of likely N-dealkylation sites (N-methyl/N-ethyl adjacent to an activating group) is 1. The van der Waals surface area contributed by atoms with Gasteiger partial charge < -0.3 is 20.3 Å². The van der Waals surface area contributed by atoms with E-state index in [2.05, 4.69) is 33.5 Å². The number of hydrogen-bond acceptors (Lipinski definition) is 6. The normalized spacial score (nSPS) is 35.2. The average Bonchev–Trinajstić information content (AvgIpc) is 3.64. The van der Waals surface area contributed by atoms with Crippen molar-refractivity contribution in [2.24, 2.45) is 11.8 Å². The average molecular weight is 548 g/mol. The molecular formula is C30H37N5O5. The summed E-state index contributed by atoms with van der Waals surface area (Å²) in [5, 5.41) is 16.1. The number of H-pyrrole nitrogens is 1. The SMILES string of the molecule is CC[C@@H]1C(=O)N2CCC[C@H]2[C@]2(O)O[C@](NC(=O)[C@@H]3C=C4c5cccc6[nH]cc(c56)C[C@H]4N(C)C3)(C(C)C)C(=O)N12.